The lowest BCUT2D eigenvalue weighted by Crippen LogP contribution is -2.30. The van der Waals surface area contributed by atoms with Gasteiger partial charge in [-0.2, -0.15) is 0 Å². The molecule has 0 radical (unpaired) electrons. The normalized spacial score (nSPS) is 12.8. The number of allylic oxidation sites excluding steroid dienone is 16. The summed E-state index contributed by atoms with van der Waals surface area (Å²) in [5.41, 5.74) is 0. The molecule has 0 aliphatic carbocycles. The van der Waals surface area contributed by atoms with Crippen molar-refractivity contribution in [2.24, 2.45) is 0 Å². The molecule has 0 amide bonds. The van der Waals surface area contributed by atoms with Crippen LogP contribution in [0.25, 0.3) is 0 Å². The van der Waals surface area contributed by atoms with Crippen molar-refractivity contribution in [1.29, 1.82) is 0 Å². The highest BCUT2D eigenvalue weighted by atomic mass is 16.6. The minimum Gasteiger partial charge on any atom is -0.462 e. The van der Waals surface area contributed by atoms with Gasteiger partial charge in [0.05, 0.1) is 0 Å². The molecule has 394 valence electrons. The first kappa shape index (κ1) is 65.3. The van der Waals surface area contributed by atoms with E-state index in [-0.39, 0.29) is 31.1 Å². The van der Waals surface area contributed by atoms with Crippen LogP contribution in [-0.2, 0) is 28.6 Å². The van der Waals surface area contributed by atoms with Crippen LogP contribution < -0.4 is 0 Å². The van der Waals surface area contributed by atoms with Gasteiger partial charge in [-0.25, -0.2) is 0 Å². The number of ether oxygens (including phenoxy) is 3. The molecule has 0 saturated carbocycles. The van der Waals surface area contributed by atoms with E-state index in [0.717, 1.165) is 116 Å². The Labute approximate surface area is 426 Å². The van der Waals surface area contributed by atoms with E-state index in [9.17, 15) is 14.4 Å². The van der Waals surface area contributed by atoms with Crippen molar-refractivity contribution in [2.75, 3.05) is 13.2 Å². The highest BCUT2D eigenvalue weighted by Gasteiger charge is 2.19. The van der Waals surface area contributed by atoms with Gasteiger partial charge in [0, 0.05) is 19.3 Å². The highest BCUT2D eigenvalue weighted by Crippen LogP contribution is 2.15. The van der Waals surface area contributed by atoms with Crippen LogP contribution in [-0.4, -0.2) is 37.2 Å². The number of hydrogen-bond acceptors (Lipinski definition) is 6. The maximum Gasteiger partial charge on any atom is 0.306 e. The Hall–Kier alpha value is -3.67. The molecule has 0 saturated heterocycles. The zero-order chi connectivity index (χ0) is 50.0. The fourth-order valence-corrected chi connectivity index (χ4v) is 7.81. The van der Waals surface area contributed by atoms with Gasteiger partial charge in [0.15, 0.2) is 6.10 Å². The first-order valence-corrected chi connectivity index (χ1v) is 28.7. The van der Waals surface area contributed by atoms with Crippen molar-refractivity contribution >= 4 is 17.9 Å². The molecule has 0 heterocycles. The summed E-state index contributed by atoms with van der Waals surface area (Å²) in [5.74, 6) is -0.894. The molecular formula is C63H106O6. The van der Waals surface area contributed by atoms with E-state index in [0.29, 0.717) is 19.3 Å². The van der Waals surface area contributed by atoms with Crippen LogP contribution in [0, 0.1) is 0 Å². The molecule has 0 rings (SSSR count). The Bertz CT molecular complexity index is 1380. The van der Waals surface area contributed by atoms with Gasteiger partial charge in [0.25, 0.3) is 0 Å². The molecule has 0 fully saturated rings. The smallest absolute Gasteiger partial charge is 0.306 e. The van der Waals surface area contributed by atoms with E-state index in [2.05, 4.69) is 118 Å². The van der Waals surface area contributed by atoms with Crippen LogP contribution in [0.5, 0.6) is 0 Å². The quantitative estimate of drug-likeness (QED) is 0.0262. The second-order valence-electron chi connectivity index (χ2n) is 18.8. The van der Waals surface area contributed by atoms with Crippen molar-refractivity contribution < 1.29 is 28.6 Å². The Morgan fingerprint density at radius 1 is 0.304 bits per heavy atom. The average Bonchev–Trinajstić information content (AvgIpc) is 3.35. The summed E-state index contributed by atoms with van der Waals surface area (Å²) in [5, 5.41) is 0. The summed E-state index contributed by atoms with van der Waals surface area (Å²) in [6.07, 6.45) is 75.8. The van der Waals surface area contributed by atoms with Crippen molar-refractivity contribution in [3.8, 4) is 0 Å². The largest absolute Gasteiger partial charge is 0.462 e. The maximum absolute atomic E-state index is 12.7. The van der Waals surface area contributed by atoms with Crippen molar-refractivity contribution in [3.05, 3.63) is 97.2 Å². The lowest BCUT2D eigenvalue weighted by atomic mass is 10.0. The third-order valence-electron chi connectivity index (χ3n) is 12.1. The molecule has 0 aliphatic rings. The molecule has 0 aromatic heterocycles. The molecule has 1 atom stereocenters. The summed E-state index contributed by atoms with van der Waals surface area (Å²) in [6, 6.07) is 0. The topological polar surface area (TPSA) is 78.9 Å². The molecule has 0 N–H and O–H groups in total. The monoisotopic (exact) mass is 959 g/mol. The standard InChI is InChI=1S/C63H106O6/c1-4-7-10-13-16-18-20-22-23-24-25-26-27-28-29-30-31-32-33-34-35-36-37-38-39-40-41-42-44-45-47-50-53-56-62(65)68-59-60(58-67-61(64)55-52-49-15-12-9-6-3)69-63(66)57-54-51-48-46-43-21-19-17-14-11-8-5-2/h7,10,16,18,22-23,25-26,28-29,31-32,34-35,37-38,60H,4-6,8-9,11-15,17,19-21,24,27,30,33,36,39-59H2,1-3H3/b10-7-,18-16-,23-22-,26-25-,29-28-,32-31-,35-34-,38-37-. The highest BCUT2D eigenvalue weighted by molar-refractivity contribution is 5.71. The van der Waals surface area contributed by atoms with E-state index in [1.165, 1.54) is 109 Å². The lowest BCUT2D eigenvalue weighted by Gasteiger charge is -2.18. The summed E-state index contributed by atoms with van der Waals surface area (Å²) in [4.78, 5) is 37.8. The Morgan fingerprint density at radius 3 is 0.884 bits per heavy atom. The van der Waals surface area contributed by atoms with Crippen LogP contribution in [0.2, 0.25) is 0 Å². The van der Waals surface area contributed by atoms with Crippen LogP contribution in [0.4, 0.5) is 0 Å². The third kappa shape index (κ3) is 55.1. The number of unbranched alkanes of at least 4 members (excludes halogenated alkanes) is 24. The van der Waals surface area contributed by atoms with Gasteiger partial charge in [-0.1, -0.05) is 259 Å². The molecule has 0 aromatic rings. The van der Waals surface area contributed by atoms with E-state index in [1.54, 1.807) is 0 Å². The zero-order valence-corrected chi connectivity index (χ0v) is 45.0. The number of carbonyl (C=O) groups is 3. The van der Waals surface area contributed by atoms with Gasteiger partial charge in [-0.15, -0.1) is 0 Å². The molecule has 0 aliphatic heterocycles. The molecule has 1 unspecified atom stereocenters. The minimum atomic E-state index is -0.774. The number of carbonyl (C=O) groups excluding carboxylic acids is 3. The molecular weight excluding hydrogens is 853 g/mol. The molecule has 0 aromatic carbocycles. The Balaban J connectivity index is 4.07. The maximum atomic E-state index is 12.7. The molecule has 6 nitrogen and oxygen atoms in total. The lowest BCUT2D eigenvalue weighted by molar-refractivity contribution is -0.167. The first-order chi connectivity index (χ1) is 34.0. The predicted molar refractivity (Wildman–Crippen MR) is 297 cm³/mol. The summed E-state index contributed by atoms with van der Waals surface area (Å²) < 4.78 is 16.7. The van der Waals surface area contributed by atoms with Gasteiger partial charge < -0.3 is 14.2 Å². The molecule has 0 spiro atoms. The van der Waals surface area contributed by atoms with E-state index in [1.807, 2.05) is 0 Å². The van der Waals surface area contributed by atoms with Crippen molar-refractivity contribution in [2.45, 2.75) is 271 Å². The summed E-state index contributed by atoms with van der Waals surface area (Å²) in [7, 11) is 0. The summed E-state index contributed by atoms with van der Waals surface area (Å²) >= 11 is 0. The van der Waals surface area contributed by atoms with Crippen molar-refractivity contribution in [3.63, 3.8) is 0 Å². The van der Waals surface area contributed by atoms with Crippen LogP contribution in [0.1, 0.15) is 265 Å². The first-order valence-electron chi connectivity index (χ1n) is 28.7. The number of hydrogen-bond donors (Lipinski definition) is 0. The second kappa shape index (κ2) is 56.9. The predicted octanol–water partition coefficient (Wildman–Crippen LogP) is 19.3. The van der Waals surface area contributed by atoms with E-state index < -0.39 is 6.10 Å². The van der Waals surface area contributed by atoms with Crippen LogP contribution in [0.15, 0.2) is 97.2 Å². The molecule has 0 bridgehead atoms. The van der Waals surface area contributed by atoms with E-state index in [4.69, 9.17) is 14.2 Å². The molecule has 69 heavy (non-hydrogen) atoms. The summed E-state index contributed by atoms with van der Waals surface area (Å²) in [6.45, 7) is 6.45. The zero-order valence-electron chi connectivity index (χ0n) is 45.0. The third-order valence-corrected chi connectivity index (χ3v) is 12.1. The average molecular weight is 960 g/mol. The number of rotatable bonds is 51. The van der Waals surface area contributed by atoms with Gasteiger partial charge in [-0.05, 0) is 83.5 Å². The van der Waals surface area contributed by atoms with Crippen LogP contribution in [0.3, 0.4) is 0 Å². The van der Waals surface area contributed by atoms with Crippen molar-refractivity contribution in [1.82, 2.24) is 0 Å². The Kier molecular flexibility index (Phi) is 53.9. The Morgan fingerprint density at radius 2 is 0.565 bits per heavy atom. The van der Waals surface area contributed by atoms with Gasteiger partial charge in [-0.3, -0.25) is 14.4 Å². The molecule has 6 heteroatoms. The fourth-order valence-electron chi connectivity index (χ4n) is 7.81. The fraction of sp³-hybridized carbons (Fsp3) is 0.698. The van der Waals surface area contributed by atoms with Gasteiger partial charge >= 0.3 is 17.9 Å². The van der Waals surface area contributed by atoms with E-state index >= 15 is 0 Å². The number of esters is 3. The van der Waals surface area contributed by atoms with Gasteiger partial charge in [0.2, 0.25) is 0 Å². The van der Waals surface area contributed by atoms with Gasteiger partial charge in [0.1, 0.15) is 13.2 Å². The van der Waals surface area contributed by atoms with Crippen LogP contribution >= 0.6 is 0 Å². The SMILES string of the molecule is CC/C=C\C/C=C\C/C=C\C/C=C\C/C=C\C/C=C\C/C=C\C/C=C\CCCCCCCCCCC(=O)OCC(COC(=O)CCCCCCCC)OC(=O)CCCCCCCCCCCCCC. The second-order valence-corrected chi connectivity index (χ2v) is 18.8. The minimum absolute atomic E-state index is 0.0773.